The first-order chi connectivity index (χ1) is 12.6. The normalized spacial score (nSPS) is 16.6. The van der Waals surface area contributed by atoms with Crippen LogP contribution >= 0.6 is 0 Å². The van der Waals surface area contributed by atoms with Crippen molar-refractivity contribution < 1.29 is 14.3 Å². The maximum atomic E-state index is 12.7. The zero-order chi connectivity index (χ0) is 18.5. The number of rotatable bonds is 3. The van der Waals surface area contributed by atoms with Gasteiger partial charge >= 0.3 is 0 Å². The van der Waals surface area contributed by atoms with Crippen molar-refractivity contribution in [3.8, 4) is 6.07 Å². The zero-order valence-corrected chi connectivity index (χ0v) is 14.4. The topological polar surface area (TPSA) is 82.4 Å². The van der Waals surface area contributed by atoms with Crippen LogP contribution < -0.4 is 5.32 Å². The number of morpholine rings is 1. The first-order valence-electron chi connectivity index (χ1n) is 8.39. The first-order valence-corrected chi connectivity index (χ1v) is 8.39. The van der Waals surface area contributed by atoms with Crippen LogP contribution in [-0.2, 0) is 4.74 Å². The molecule has 0 bridgehead atoms. The Balaban J connectivity index is 1.75. The molecule has 1 unspecified atom stereocenters. The van der Waals surface area contributed by atoms with E-state index < -0.39 is 0 Å². The average molecular weight is 349 g/mol. The smallest absolute Gasteiger partial charge is 0.255 e. The van der Waals surface area contributed by atoms with E-state index in [1.165, 1.54) is 6.07 Å². The van der Waals surface area contributed by atoms with Gasteiger partial charge in [0.05, 0.1) is 30.9 Å². The second kappa shape index (κ2) is 7.81. The molecule has 0 saturated carbocycles. The van der Waals surface area contributed by atoms with Gasteiger partial charge < -0.3 is 15.0 Å². The number of nitriles is 1. The van der Waals surface area contributed by atoms with Gasteiger partial charge in [-0.15, -0.1) is 0 Å². The molecule has 1 aliphatic heterocycles. The van der Waals surface area contributed by atoms with Crippen molar-refractivity contribution in [3.63, 3.8) is 0 Å². The summed E-state index contributed by atoms with van der Waals surface area (Å²) in [6.45, 7) is 3.56. The molecule has 3 rings (SSSR count). The fraction of sp³-hybridized carbons (Fsp3) is 0.250. The summed E-state index contributed by atoms with van der Waals surface area (Å²) in [7, 11) is 0. The molecule has 0 aliphatic carbocycles. The second-order valence-corrected chi connectivity index (χ2v) is 6.15. The highest BCUT2D eigenvalue weighted by atomic mass is 16.5. The van der Waals surface area contributed by atoms with Gasteiger partial charge in [0, 0.05) is 23.4 Å². The van der Waals surface area contributed by atoms with Crippen LogP contribution in [0.4, 0.5) is 5.69 Å². The molecule has 1 aliphatic rings. The number of hydrogen-bond acceptors (Lipinski definition) is 4. The summed E-state index contributed by atoms with van der Waals surface area (Å²) in [4.78, 5) is 26.9. The van der Waals surface area contributed by atoms with Crippen LogP contribution in [0.1, 0.15) is 33.2 Å². The van der Waals surface area contributed by atoms with Crippen LogP contribution in [0.3, 0.4) is 0 Å². The van der Waals surface area contributed by atoms with Gasteiger partial charge in [0.1, 0.15) is 0 Å². The van der Waals surface area contributed by atoms with Crippen LogP contribution in [0, 0.1) is 11.3 Å². The Morgan fingerprint density at radius 3 is 2.73 bits per heavy atom. The van der Waals surface area contributed by atoms with E-state index in [0.29, 0.717) is 42.1 Å². The van der Waals surface area contributed by atoms with E-state index >= 15 is 0 Å². The number of carbonyl (C=O) groups excluding carboxylic acids is 2. The molecule has 1 atom stereocenters. The van der Waals surface area contributed by atoms with Gasteiger partial charge in [0.25, 0.3) is 11.8 Å². The minimum absolute atomic E-state index is 0.0169. The fourth-order valence-electron chi connectivity index (χ4n) is 2.86. The third-order valence-corrected chi connectivity index (χ3v) is 4.25. The van der Waals surface area contributed by atoms with Gasteiger partial charge in [-0.2, -0.15) is 5.26 Å². The van der Waals surface area contributed by atoms with Crippen LogP contribution in [-0.4, -0.2) is 42.5 Å². The minimum atomic E-state index is -0.327. The van der Waals surface area contributed by atoms with Gasteiger partial charge in [-0.25, -0.2) is 0 Å². The van der Waals surface area contributed by atoms with E-state index in [2.05, 4.69) is 5.32 Å². The highest BCUT2D eigenvalue weighted by molar-refractivity contribution is 6.05. The van der Waals surface area contributed by atoms with Crippen molar-refractivity contribution in [1.29, 1.82) is 5.26 Å². The summed E-state index contributed by atoms with van der Waals surface area (Å²) in [5.74, 6) is -0.408. The van der Waals surface area contributed by atoms with Gasteiger partial charge in [-0.3, -0.25) is 9.59 Å². The lowest BCUT2D eigenvalue weighted by molar-refractivity contribution is 0.00359. The first kappa shape index (κ1) is 17.6. The predicted molar refractivity (Wildman–Crippen MR) is 96.9 cm³/mol. The van der Waals surface area contributed by atoms with Crippen molar-refractivity contribution in [2.75, 3.05) is 25.1 Å². The van der Waals surface area contributed by atoms with Crippen LogP contribution in [0.25, 0.3) is 0 Å². The molecule has 1 N–H and O–H groups in total. The monoisotopic (exact) mass is 349 g/mol. The Hall–Kier alpha value is -3.17. The number of nitrogens with one attached hydrogen (secondary N) is 1. The Morgan fingerprint density at radius 2 is 1.96 bits per heavy atom. The molecule has 6 nitrogen and oxygen atoms in total. The number of benzene rings is 2. The van der Waals surface area contributed by atoms with Gasteiger partial charge in [0.15, 0.2) is 0 Å². The van der Waals surface area contributed by atoms with E-state index in [0.717, 1.165) is 0 Å². The molecular weight excluding hydrogens is 330 g/mol. The van der Waals surface area contributed by atoms with E-state index in [1.54, 1.807) is 47.4 Å². The van der Waals surface area contributed by atoms with E-state index in [4.69, 9.17) is 10.00 Å². The zero-order valence-electron chi connectivity index (χ0n) is 14.4. The molecule has 1 fully saturated rings. The largest absolute Gasteiger partial charge is 0.377 e. The van der Waals surface area contributed by atoms with Crippen LogP contribution in [0.15, 0.2) is 48.5 Å². The Bertz CT molecular complexity index is 873. The van der Waals surface area contributed by atoms with Crippen molar-refractivity contribution in [1.82, 2.24) is 4.90 Å². The molecule has 2 aromatic carbocycles. The predicted octanol–water partition coefficient (Wildman–Crippen LogP) is 2.67. The number of ether oxygens (including phenoxy) is 1. The molecule has 2 amide bonds. The SMILES string of the molecule is CC1COCCN1C(=O)c1cccc(NC(=O)c2cccc(C#N)c2)c1. The number of nitrogens with zero attached hydrogens (tertiary/aromatic N) is 2. The highest BCUT2D eigenvalue weighted by Crippen LogP contribution is 2.17. The minimum Gasteiger partial charge on any atom is -0.377 e. The van der Waals surface area contributed by atoms with Crippen molar-refractivity contribution >= 4 is 17.5 Å². The Kier molecular flexibility index (Phi) is 5.30. The summed E-state index contributed by atoms with van der Waals surface area (Å²) < 4.78 is 5.37. The summed E-state index contributed by atoms with van der Waals surface area (Å²) in [5.41, 5.74) is 1.86. The lowest BCUT2D eigenvalue weighted by Crippen LogP contribution is -2.47. The van der Waals surface area contributed by atoms with Crippen molar-refractivity contribution in [3.05, 3.63) is 65.2 Å². The molecule has 132 valence electrons. The molecule has 2 aromatic rings. The maximum absolute atomic E-state index is 12.7. The summed E-state index contributed by atoms with van der Waals surface area (Å²) in [6.07, 6.45) is 0. The van der Waals surface area contributed by atoms with Crippen LogP contribution in [0.5, 0.6) is 0 Å². The Morgan fingerprint density at radius 1 is 1.19 bits per heavy atom. The van der Waals surface area contributed by atoms with Crippen LogP contribution in [0.2, 0.25) is 0 Å². The number of amides is 2. The molecule has 0 aromatic heterocycles. The van der Waals surface area contributed by atoms with E-state index in [-0.39, 0.29) is 17.9 Å². The Labute approximate surface area is 152 Å². The molecule has 1 saturated heterocycles. The van der Waals surface area contributed by atoms with Gasteiger partial charge in [-0.05, 0) is 43.3 Å². The van der Waals surface area contributed by atoms with E-state index in [9.17, 15) is 9.59 Å². The standard InChI is InChI=1S/C20H19N3O3/c1-14-13-26-9-8-23(14)20(25)17-6-3-7-18(11-17)22-19(24)16-5-2-4-15(10-16)12-21/h2-7,10-11,14H,8-9,13H2,1H3,(H,22,24). The van der Waals surface area contributed by atoms with E-state index in [1.807, 2.05) is 13.0 Å². The van der Waals surface area contributed by atoms with Crippen molar-refractivity contribution in [2.45, 2.75) is 13.0 Å². The quantitative estimate of drug-likeness (QED) is 0.923. The van der Waals surface area contributed by atoms with Gasteiger partial charge in [-0.1, -0.05) is 12.1 Å². The van der Waals surface area contributed by atoms with Crippen molar-refractivity contribution in [2.24, 2.45) is 0 Å². The third-order valence-electron chi connectivity index (χ3n) is 4.25. The summed E-state index contributed by atoms with van der Waals surface area (Å²) >= 11 is 0. The fourth-order valence-corrected chi connectivity index (χ4v) is 2.86. The second-order valence-electron chi connectivity index (χ2n) is 6.15. The molecule has 1 heterocycles. The summed E-state index contributed by atoms with van der Waals surface area (Å²) in [6, 6.07) is 15.4. The van der Waals surface area contributed by atoms with Gasteiger partial charge in [0.2, 0.25) is 0 Å². The average Bonchev–Trinajstić information content (AvgIpc) is 2.68. The number of carbonyl (C=O) groups is 2. The number of anilines is 1. The molecule has 6 heteroatoms. The molecule has 26 heavy (non-hydrogen) atoms. The maximum Gasteiger partial charge on any atom is 0.255 e. The number of hydrogen-bond donors (Lipinski definition) is 1. The molecule has 0 spiro atoms. The lowest BCUT2D eigenvalue weighted by Gasteiger charge is -2.33. The molecular formula is C20H19N3O3. The third kappa shape index (κ3) is 3.90. The molecule has 0 radical (unpaired) electrons. The lowest BCUT2D eigenvalue weighted by atomic mass is 10.1. The summed E-state index contributed by atoms with van der Waals surface area (Å²) in [5, 5.41) is 11.7. The highest BCUT2D eigenvalue weighted by Gasteiger charge is 2.24.